The van der Waals surface area contributed by atoms with Crippen LogP contribution < -0.4 is 10.1 Å². The van der Waals surface area contributed by atoms with Crippen LogP contribution in [0.25, 0.3) is 0 Å². The quantitative estimate of drug-likeness (QED) is 0.515. The molecular weight excluding hydrogens is 454 g/mol. The summed E-state index contributed by atoms with van der Waals surface area (Å²) in [5.74, 6) is -0.736. The fraction of sp³-hybridized carbons (Fsp3) is 0.231. The number of ether oxygens (including phenoxy) is 1. The first-order chi connectivity index (χ1) is 10.9. The fourth-order valence-electron chi connectivity index (χ4n) is 1.74. The van der Waals surface area contributed by atoms with Crippen LogP contribution >= 0.6 is 43.6 Å². The van der Waals surface area contributed by atoms with Gasteiger partial charge in [-0.3, -0.25) is 9.59 Å². The minimum Gasteiger partial charge on any atom is -0.494 e. The van der Waals surface area contributed by atoms with Crippen LogP contribution in [0.15, 0.2) is 31.3 Å². The zero-order valence-electron chi connectivity index (χ0n) is 11.7. The number of carbonyl (C=O) groups excluding carboxylic acids is 1. The van der Waals surface area contributed by atoms with Gasteiger partial charge in [-0.2, -0.15) is 5.10 Å². The summed E-state index contributed by atoms with van der Waals surface area (Å²) in [5.41, 5.74) is 0.769. The second-order valence-corrected chi connectivity index (χ2v) is 7.26. The molecule has 0 aliphatic carbocycles. The Labute approximate surface area is 152 Å². The molecule has 0 aromatic heterocycles. The van der Waals surface area contributed by atoms with Gasteiger partial charge in [0.25, 0.3) is 0 Å². The first-order valence-electron chi connectivity index (χ1n) is 6.24. The Balaban J connectivity index is 2.07. The summed E-state index contributed by atoms with van der Waals surface area (Å²) >= 11 is 7.82. The molecule has 23 heavy (non-hydrogen) atoms. The third-order valence-corrected chi connectivity index (χ3v) is 4.97. The number of halogens is 2. The number of amidine groups is 1. The molecule has 1 amide bonds. The number of benzene rings is 1. The van der Waals surface area contributed by atoms with Crippen molar-refractivity contribution in [2.75, 3.05) is 7.11 Å². The lowest BCUT2D eigenvalue weighted by Gasteiger charge is -2.06. The summed E-state index contributed by atoms with van der Waals surface area (Å²) in [7, 11) is 1.57. The minimum absolute atomic E-state index is 0.252. The number of carboxylic acid groups (broad SMARTS) is 1. The number of nitrogens with one attached hydrogen (secondary N) is 1. The number of carbonyl (C=O) groups is 2. The summed E-state index contributed by atoms with van der Waals surface area (Å²) in [6, 6.07) is 3.61. The lowest BCUT2D eigenvalue weighted by atomic mass is 10.2. The average Bonchev–Trinajstić information content (AvgIpc) is 2.78. The monoisotopic (exact) mass is 463 g/mol. The van der Waals surface area contributed by atoms with Crippen molar-refractivity contribution in [2.45, 2.75) is 11.7 Å². The largest absolute Gasteiger partial charge is 0.494 e. The maximum Gasteiger partial charge on any atom is 0.305 e. The molecule has 7 nitrogen and oxygen atoms in total. The molecule has 1 aliphatic heterocycles. The normalized spacial score (nSPS) is 19.3. The number of hydrogen-bond acceptors (Lipinski definition) is 6. The zero-order valence-corrected chi connectivity index (χ0v) is 15.7. The second-order valence-electron chi connectivity index (χ2n) is 4.36. The van der Waals surface area contributed by atoms with Crippen LogP contribution in [0.2, 0.25) is 0 Å². The Kier molecular flexibility index (Phi) is 6.19. The molecule has 1 aromatic rings. The van der Waals surface area contributed by atoms with Crippen molar-refractivity contribution >= 4 is 66.9 Å². The predicted octanol–water partition coefficient (Wildman–Crippen LogP) is 2.62. The van der Waals surface area contributed by atoms with E-state index < -0.39 is 11.2 Å². The molecule has 0 spiro atoms. The van der Waals surface area contributed by atoms with E-state index in [9.17, 15) is 9.59 Å². The van der Waals surface area contributed by atoms with Crippen LogP contribution in [0.3, 0.4) is 0 Å². The molecular formula is C13H11Br2N3O4S. The second kappa shape index (κ2) is 7.93. The highest BCUT2D eigenvalue weighted by Crippen LogP contribution is 2.34. The maximum absolute atomic E-state index is 11.6. The highest BCUT2D eigenvalue weighted by atomic mass is 79.9. The minimum atomic E-state index is -1.03. The van der Waals surface area contributed by atoms with Crippen LogP contribution in [0.1, 0.15) is 12.0 Å². The van der Waals surface area contributed by atoms with Crippen molar-refractivity contribution in [3.8, 4) is 5.75 Å². The molecule has 1 fully saturated rings. The molecule has 0 radical (unpaired) electrons. The molecule has 1 aliphatic rings. The molecule has 1 heterocycles. The maximum atomic E-state index is 11.6. The van der Waals surface area contributed by atoms with Gasteiger partial charge in [-0.1, -0.05) is 11.8 Å². The van der Waals surface area contributed by atoms with Crippen molar-refractivity contribution in [3.05, 3.63) is 26.6 Å². The van der Waals surface area contributed by atoms with Crippen molar-refractivity contribution in [3.63, 3.8) is 0 Å². The average molecular weight is 465 g/mol. The van der Waals surface area contributed by atoms with Crippen LogP contribution in [0, 0.1) is 0 Å². The molecule has 1 aromatic carbocycles. The van der Waals surface area contributed by atoms with Crippen LogP contribution in [0.4, 0.5) is 0 Å². The molecule has 0 bridgehead atoms. The van der Waals surface area contributed by atoms with Crippen molar-refractivity contribution in [2.24, 2.45) is 10.2 Å². The Morgan fingerprint density at radius 1 is 1.48 bits per heavy atom. The molecule has 122 valence electrons. The Hall–Kier alpha value is -1.39. The Morgan fingerprint density at radius 2 is 2.13 bits per heavy atom. The molecule has 2 N–H and O–H groups in total. The van der Waals surface area contributed by atoms with E-state index in [1.165, 1.54) is 6.21 Å². The van der Waals surface area contributed by atoms with Crippen molar-refractivity contribution < 1.29 is 19.4 Å². The van der Waals surface area contributed by atoms with E-state index in [-0.39, 0.29) is 17.5 Å². The van der Waals surface area contributed by atoms with Crippen LogP contribution in [-0.2, 0) is 9.59 Å². The first kappa shape index (κ1) is 18.0. The number of carboxylic acids is 1. The lowest BCUT2D eigenvalue weighted by molar-refractivity contribution is -0.138. The van der Waals surface area contributed by atoms with E-state index in [0.29, 0.717) is 5.75 Å². The van der Waals surface area contributed by atoms with Crippen LogP contribution in [0.5, 0.6) is 5.75 Å². The topological polar surface area (TPSA) is 100 Å². The number of amides is 1. The third kappa shape index (κ3) is 4.79. The lowest BCUT2D eigenvalue weighted by Crippen LogP contribution is -2.26. The highest BCUT2D eigenvalue weighted by Gasteiger charge is 2.32. The third-order valence-electron chi connectivity index (χ3n) is 2.72. The van der Waals surface area contributed by atoms with Gasteiger partial charge in [0.05, 0.1) is 28.7 Å². The standard InChI is InChI=1S/C13H11Br2N3O4S/c1-22-11-7(14)2-6(3-8(11)15)5-16-18-13-17-12(21)9(23-13)4-10(19)20/h2-3,5,9H,4H2,1H3,(H,19,20)(H,17,18,21)/b16-5-/t9-/m0/s1. The van der Waals surface area contributed by atoms with Gasteiger partial charge in [0.15, 0.2) is 5.17 Å². The summed E-state index contributed by atoms with van der Waals surface area (Å²) < 4.78 is 6.72. The fourth-order valence-corrected chi connectivity index (χ4v) is 4.20. The van der Waals surface area contributed by atoms with Gasteiger partial charge in [0.1, 0.15) is 11.0 Å². The molecule has 0 unspecified atom stereocenters. The summed E-state index contributed by atoms with van der Waals surface area (Å²) in [5, 5.41) is 18.6. The smallest absolute Gasteiger partial charge is 0.305 e. The summed E-state index contributed by atoms with van der Waals surface area (Å²) in [6.45, 7) is 0. The van der Waals surface area contributed by atoms with E-state index in [0.717, 1.165) is 26.3 Å². The van der Waals surface area contributed by atoms with Gasteiger partial charge in [-0.25, -0.2) is 0 Å². The van der Waals surface area contributed by atoms with Gasteiger partial charge in [-0.15, -0.1) is 5.10 Å². The van der Waals surface area contributed by atoms with E-state index in [1.54, 1.807) is 19.2 Å². The van der Waals surface area contributed by atoms with E-state index in [1.807, 2.05) is 0 Å². The van der Waals surface area contributed by atoms with E-state index >= 15 is 0 Å². The van der Waals surface area contributed by atoms with Crippen LogP contribution in [-0.4, -0.2) is 40.7 Å². The first-order valence-corrected chi connectivity index (χ1v) is 8.70. The number of methoxy groups -OCH3 is 1. The van der Waals surface area contributed by atoms with Gasteiger partial charge in [0.2, 0.25) is 5.91 Å². The number of nitrogens with zero attached hydrogens (tertiary/aromatic N) is 2. The molecule has 1 atom stereocenters. The van der Waals surface area contributed by atoms with E-state index in [2.05, 4.69) is 47.4 Å². The van der Waals surface area contributed by atoms with Gasteiger partial charge >= 0.3 is 5.97 Å². The SMILES string of the molecule is COc1c(Br)cc(/C=N\N=C2\NC(=O)[C@H](CC(=O)O)S2)cc1Br. The summed E-state index contributed by atoms with van der Waals surface area (Å²) in [6.07, 6.45) is 1.26. The number of hydrogen-bond donors (Lipinski definition) is 2. The van der Waals surface area contributed by atoms with Gasteiger partial charge in [0, 0.05) is 0 Å². The summed E-state index contributed by atoms with van der Waals surface area (Å²) in [4.78, 5) is 22.2. The van der Waals surface area contributed by atoms with Crippen molar-refractivity contribution in [1.82, 2.24) is 5.32 Å². The number of thioether (sulfide) groups is 1. The Bertz CT molecular complexity index is 685. The van der Waals surface area contributed by atoms with Gasteiger partial charge < -0.3 is 15.2 Å². The molecule has 1 saturated heterocycles. The molecule has 10 heteroatoms. The van der Waals surface area contributed by atoms with E-state index in [4.69, 9.17) is 9.84 Å². The Morgan fingerprint density at radius 3 is 2.70 bits per heavy atom. The molecule has 0 saturated carbocycles. The van der Waals surface area contributed by atoms with Gasteiger partial charge in [-0.05, 0) is 49.6 Å². The zero-order chi connectivity index (χ0) is 17.0. The molecule has 2 rings (SSSR count). The highest BCUT2D eigenvalue weighted by molar-refractivity contribution is 9.11. The van der Waals surface area contributed by atoms with Crippen molar-refractivity contribution in [1.29, 1.82) is 0 Å². The number of rotatable bonds is 5. The predicted molar refractivity (Wildman–Crippen MR) is 95.2 cm³/mol. The number of aliphatic carboxylic acids is 1.